The number of nitro groups is 1. The highest BCUT2D eigenvalue weighted by atomic mass is 79.9. The summed E-state index contributed by atoms with van der Waals surface area (Å²) < 4.78 is 13.8. The third kappa shape index (κ3) is 6.34. The molecule has 0 aliphatic rings. The predicted octanol–water partition coefficient (Wildman–Crippen LogP) is 7.64. The second kappa shape index (κ2) is 12.6. The summed E-state index contributed by atoms with van der Waals surface area (Å²) >= 11 is 3.51. The standard InChI is InChI=1S/C33H29BrN4O5/c1-20(2)27-17-28(21(3)15-31(27)42-4)32-36-29-8-6-5-7-26(29)33(39)37(32)35-18-23-16-24(34)11-14-30(23)43-19-22-9-12-25(13-10-22)38(40)41/h5-18,20H,19H2,1-4H3. The molecule has 0 aliphatic heterocycles. The maximum atomic E-state index is 13.8. The number of nitro benzene ring substituents is 1. The van der Waals surface area contributed by atoms with Gasteiger partial charge in [0, 0.05) is 27.7 Å². The Bertz CT molecular complexity index is 1920. The summed E-state index contributed by atoms with van der Waals surface area (Å²) in [5.74, 6) is 1.88. The van der Waals surface area contributed by atoms with Crippen molar-refractivity contribution in [2.24, 2.45) is 5.10 Å². The van der Waals surface area contributed by atoms with Gasteiger partial charge in [0.05, 0.1) is 29.2 Å². The van der Waals surface area contributed by atoms with Gasteiger partial charge >= 0.3 is 0 Å². The molecule has 0 spiro atoms. The number of rotatable bonds is 9. The molecule has 43 heavy (non-hydrogen) atoms. The van der Waals surface area contributed by atoms with Crippen LogP contribution < -0.4 is 15.0 Å². The van der Waals surface area contributed by atoms with Crippen LogP contribution in [0.1, 0.15) is 42.0 Å². The number of hydrogen-bond acceptors (Lipinski definition) is 7. The van der Waals surface area contributed by atoms with E-state index in [0.29, 0.717) is 28.0 Å². The largest absolute Gasteiger partial charge is 0.496 e. The summed E-state index contributed by atoms with van der Waals surface area (Å²) in [5, 5.41) is 16.1. The highest BCUT2D eigenvalue weighted by molar-refractivity contribution is 9.10. The topological polar surface area (TPSA) is 109 Å². The number of non-ortho nitro benzene ring substituents is 1. The number of nitrogens with zero attached hydrogens (tertiary/aromatic N) is 4. The lowest BCUT2D eigenvalue weighted by Crippen LogP contribution is -2.21. The maximum Gasteiger partial charge on any atom is 0.282 e. The molecule has 5 aromatic rings. The SMILES string of the molecule is COc1cc(C)c(-c2nc3ccccc3c(=O)n2N=Cc2cc(Br)ccc2OCc2ccc([N+](=O)[O-])cc2)cc1C(C)C. The molecular weight excluding hydrogens is 612 g/mol. The number of methoxy groups -OCH3 is 1. The predicted molar refractivity (Wildman–Crippen MR) is 171 cm³/mol. The molecule has 0 N–H and O–H groups in total. The monoisotopic (exact) mass is 640 g/mol. The fourth-order valence-electron chi connectivity index (χ4n) is 4.72. The number of hydrogen-bond donors (Lipinski definition) is 0. The Morgan fingerprint density at radius 3 is 2.49 bits per heavy atom. The molecule has 0 unspecified atom stereocenters. The summed E-state index contributed by atoms with van der Waals surface area (Å²) in [4.78, 5) is 29.3. The molecule has 0 bridgehead atoms. The number of aryl methyl sites for hydroxylation is 1. The fraction of sp³-hybridized carbons (Fsp3) is 0.182. The van der Waals surface area contributed by atoms with Gasteiger partial charge in [0.15, 0.2) is 5.82 Å². The molecule has 5 rings (SSSR count). The van der Waals surface area contributed by atoms with Crippen molar-refractivity contribution in [2.45, 2.75) is 33.3 Å². The van der Waals surface area contributed by atoms with Crippen LogP contribution in [0.4, 0.5) is 5.69 Å². The lowest BCUT2D eigenvalue weighted by Gasteiger charge is -2.17. The summed E-state index contributed by atoms with van der Waals surface area (Å²) in [6.07, 6.45) is 1.57. The van der Waals surface area contributed by atoms with E-state index < -0.39 is 4.92 Å². The molecule has 0 saturated carbocycles. The Labute approximate surface area is 256 Å². The van der Waals surface area contributed by atoms with Crippen LogP contribution in [0.15, 0.2) is 93.2 Å². The van der Waals surface area contributed by atoms with E-state index in [9.17, 15) is 14.9 Å². The molecule has 10 heteroatoms. The minimum absolute atomic E-state index is 0.0121. The van der Waals surface area contributed by atoms with Crippen LogP contribution in [0, 0.1) is 17.0 Å². The van der Waals surface area contributed by atoms with Gasteiger partial charge in [0.2, 0.25) is 0 Å². The molecule has 0 atom stereocenters. The average molecular weight is 642 g/mol. The summed E-state index contributed by atoms with van der Waals surface area (Å²) in [7, 11) is 1.65. The zero-order valence-electron chi connectivity index (χ0n) is 24.1. The van der Waals surface area contributed by atoms with Crippen LogP contribution in [-0.2, 0) is 6.61 Å². The van der Waals surface area contributed by atoms with Gasteiger partial charge < -0.3 is 9.47 Å². The van der Waals surface area contributed by atoms with Crippen LogP contribution in [0.2, 0.25) is 0 Å². The molecule has 1 heterocycles. The second-order valence-electron chi connectivity index (χ2n) is 10.3. The minimum atomic E-state index is -0.442. The van der Waals surface area contributed by atoms with Gasteiger partial charge in [-0.3, -0.25) is 14.9 Å². The molecular formula is C33H29BrN4O5. The normalized spacial score (nSPS) is 11.4. The van der Waals surface area contributed by atoms with Crippen LogP contribution in [0.25, 0.3) is 22.3 Å². The maximum absolute atomic E-state index is 13.8. The van der Waals surface area contributed by atoms with Crippen LogP contribution >= 0.6 is 15.9 Å². The zero-order valence-corrected chi connectivity index (χ0v) is 25.7. The van der Waals surface area contributed by atoms with Gasteiger partial charge in [-0.15, -0.1) is 0 Å². The Hall–Kier alpha value is -4.83. The first kappa shape index (κ1) is 29.7. The van der Waals surface area contributed by atoms with E-state index in [-0.39, 0.29) is 23.8 Å². The molecule has 218 valence electrons. The number of aromatic nitrogens is 2. The van der Waals surface area contributed by atoms with E-state index in [2.05, 4.69) is 34.9 Å². The van der Waals surface area contributed by atoms with E-state index in [1.54, 1.807) is 43.7 Å². The van der Waals surface area contributed by atoms with E-state index in [1.165, 1.54) is 16.8 Å². The van der Waals surface area contributed by atoms with Crippen LogP contribution in [0.3, 0.4) is 0 Å². The van der Waals surface area contributed by atoms with Crippen molar-refractivity contribution in [3.8, 4) is 22.9 Å². The molecule has 0 saturated heterocycles. The molecule has 9 nitrogen and oxygen atoms in total. The van der Waals surface area contributed by atoms with Crippen LogP contribution in [-0.4, -0.2) is 27.9 Å². The van der Waals surface area contributed by atoms with Crippen molar-refractivity contribution < 1.29 is 14.4 Å². The second-order valence-corrected chi connectivity index (χ2v) is 11.2. The van der Waals surface area contributed by atoms with Crippen molar-refractivity contribution in [2.75, 3.05) is 7.11 Å². The first-order valence-corrected chi connectivity index (χ1v) is 14.4. The lowest BCUT2D eigenvalue weighted by molar-refractivity contribution is -0.384. The van der Waals surface area contributed by atoms with E-state index in [4.69, 9.17) is 14.5 Å². The molecule has 4 aromatic carbocycles. The van der Waals surface area contributed by atoms with Gasteiger partial charge in [-0.25, -0.2) is 4.98 Å². The zero-order chi connectivity index (χ0) is 30.7. The van der Waals surface area contributed by atoms with E-state index in [0.717, 1.165) is 32.5 Å². The van der Waals surface area contributed by atoms with Crippen molar-refractivity contribution in [3.63, 3.8) is 0 Å². The molecule has 0 amide bonds. The smallest absolute Gasteiger partial charge is 0.282 e. The van der Waals surface area contributed by atoms with Crippen LogP contribution in [0.5, 0.6) is 11.5 Å². The lowest BCUT2D eigenvalue weighted by atomic mass is 9.96. The number of para-hydroxylation sites is 1. The first-order valence-electron chi connectivity index (χ1n) is 13.6. The van der Waals surface area contributed by atoms with Gasteiger partial charge in [0.1, 0.15) is 18.1 Å². The van der Waals surface area contributed by atoms with Gasteiger partial charge in [0.25, 0.3) is 11.2 Å². The summed E-state index contributed by atoms with van der Waals surface area (Å²) in [6, 6.07) is 22.8. The number of halogens is 1. The molecule has 0 aliphatic carbocycles. The Morgan fingerprint density at radius 2 is 1.79 bits per heavy atom. The van der Waals surface area contributed by atoms with Crippen molar-refractivity contribution in [3.05, 3.63) is 126 Å². The molecule has 0 radical (unpaired) electrons. The third-order valence-electron chi connectivity index (χ3n) is 7.02. The van der Waals surface area contributed by atoms with Crippen molar-refractivity contribution in [1.82, 2.24) is 9.66 Å². The first-order chi connectivity index (χ1) is 20.7. The Kier molecular flexibility index (Phi) is 8.68. The highest BCUT2D eigenvalue weighted by Gasteiger charge is 2.18. The van der Waals surface area contributed by atoms with Gasteiger partial charge in [-0.2, -0.15) is 9.78 Å². The number of fused-ring (bicyclic) bond motifs is 1. The van der Waals surface area contributed by atoms with Crippen molar-refractivity contribution in [1.29, 1.82) is 0 Å². The molecule has 1 aromatic heterocycles. The summed E-state index contributed by atoms with van der Waals surface area (Å²) in [5.41, 5.74) is 4.33. The van der Waals surface area contributed by atoms with E-state index in [1.807, 2.05) is 43.3 Å². The minimum Gasteiger partial charge on any atom is -0.496 e. The Morgan fingerprint density at radius 1 is 1.05 bits per heavy atom. The highest BCUT2D eigenvalue weighted by Crippen LogP contribution is 2.34. The molecule has 0 fully saturated rings. The summed E-state index contributed by atoms with van der Waals surface area (Å²) in [6.45, 7) is 6.31. The number of benzene rings is 4. The Balaban J connectivity index is 1.59. The fourth-order valence-corrected chi connectivity index (χ4v) is 5.10. The van der Waals surface area contributed by atoms with Gasteiger partial charge in [-0.05, 0) is 84.1 Å². The van der Waals surface area contributed by atoms with E-state index >= 15 is 0 Å². The quantitative estimate of drug-likeness (QED) is 0.0930. The third-order valence-corrected chi connectivity index (χ3v) is 7.51. The van der Waals surface area contributed by atoms with Gasteiger partial charge in [-0.1, -0.05) is 41.9 Å². The van der Waals surface area contributed by atoms with Crippen molar-refractivity contribution >= 4 is 38.7 Å². The number of ether oxygens (including phenoxy) is 2. The average Bonchev–Trinajstić information content (AvgIpc) is 3.00.